The summed E-state index contributed by atoms with van der Waals surface area (Å²) in [6.45, 7) is 0. The predicted octanol–water partition coefficient (Wildman–Crippen LogP) is 3.54. The highest BCUT2D eigenvalue weighted by molar-refractivity contribution is 9.10. The monoisotopic (exact) mass is 432 g/mol. The Bertz CT molecular complexity index is 997. The van der Waals surface area contributed by atoms with Gasteiger partial charge in [0.25, 0.3) is 5.91 Å². The van der Waals surface area contributed by atoms with Crippen LogP contribution in [0.25, 0.3) is 5.76 Å². The first-order valence-corrected chi connectivity index (χ1v) is 8.47. The molecule has 0 saturated heterocycles. The average Bonchev–Trinajstić information content (AvgIpc) is 2.90. The number of nitrogens with one attached hydrogen (secondary N) is 1. The molecule has 0 aromatic heterocycles. The molecule has 0 fully saturated rings. The van der Waals surface area contributed by atoms with Crippen molar-refractivity contribution in [3.63, 3.8) is 0 Å². The minimum atomic E-state index is -1.16. The lowest BCUT2D eigenvalue weighted by atomic mass is 10.1. The Balaban J connectivity index is 1.86. The number of ketones is 1. The lowest BCUT2D eigenvalue weighted by Crippen LogP contribution is -2.19. The number of amides is 2. The number of aliphatic hydroxyl groups excluding tert-OH is 1. The van der Waals surface area contributed by atoms with Crippen molar-refractivity contribution in [3.8, 4) is 0 Å². The van der Waals surface area contributed by atoms with Crippen LogP contribution in [0.4, 0.5) is 5.69 Å². The van der Waals surface area contributed by atoms with E-state index in [0.717, 1.165) is 6.08 Å². The summed E-state index contributed by atoms with van der Waals surface area (Å²) in [4.78, 5) is 39.7. The summed E-state index contributed by atoms with van der Waals surface area (Å²) in [5.41, 5.74) is 1.07. The summed E-state index contributed by atoms with van der Waals surface area (Å²) in [6.07, 6.45) is 0.754. The van der Waals surface area contributed by atoms with E-state index in [2.05, 4.69) is 26.2 Å². The molecule has 0 atom stereocenters. The van der Waals surface area contributed by atoms with Crippen LogP contribution in [-0.4, -0.2) is 28.4 Å². The van der Waals surface area contributed by atoms with Crippen LogP contribution in [0.3, 0.4) is 0 Å². The number of rotatable bonds is 3. The molecule has 0 saturated carbocycles. The van der Waals surface area contributed by atoms with Crippen molar-refractivity contribution in [2.45, 2.75) is 0 Å². The fourth-order valence-electron chi connectivity index (χ4n) is 2.28. The van der Waals surface area contributed by atoms with Gasteiger partial charge in [0, 0.05) is 26.7 Å². The van der Waals surface area contributed by atoms with Gasteiger partial charge in [0.05, 0.1) is 5.69 Å². The van der Waals surface area contributed by atoms with E-state index in [4.69, 9.17) is 11.6 Å². The number of fused-ring (bicyclic) bond motifs is 1. The third-order valence-corrected chi connectivity index (χ3v) is 4.28. The van der Waals surface area contributed by atoms with Gasteiger partial charge in [-0.3, -0.25) is 14.4 Å². The zero-order valence-corrected chi connectivity index (χ0v) is 15.3. The van der Waals surface area contributed by atoms with Crippen LogP contribution in [0.2, 0.25) is 5.02 Å². The third kappa shape index (κ3) is 3.74. The highest BCUT2D eigenvalue weighted by Crippen LogP contribution is 2.27. The van der Waals surface area contributed by atoms with Gasteiger partial charge < -0.3 is 10.4 Å². The minimum absolute atomic E-state index is 0.154. The van der Waals surface area contributed by atoms with Crippen molar-refractivity contribution in [1.29, 1.82) is 0 Å². The highest BCUT2D eigenvalue weighted by atomic mass is 79.9. The second kappa shape index (κ2) is 7.23. The van der Waals surface area contributed by atoms with Crippen molar-refractivity contribution in [2.75, 3.05) is 5.32 Å². The summed E-state index contributed by atoms with van der Waals surface area (Å²) in [5, 5.41) is 13.0. The van der Waals surface area contributed by atoms with Gasteiger partial charge >= 0.3 is 5.91 Å². The molecular weight excluding hydrogens is 424 g/mol. The van der Waals surface area contributed by atoms with Crippen LogP contribution >= 0.6 is 27.5 Å². The maximum absolute atomic E-state index is 12.1. The fraction of sp³-hybridized carbons (Fsp3) is 0. The Morgan fingerprint density at radius 1 is 1.15 bits per heavy atom. The highest BCUT2D eigenvalue weighted by Gasteiger charge is 2.28. The van der Waals surface area contributed by atoms with Crippen LogP contribution in [0.1, 0.15) is 11.1 Å². The lowest BCUT2D eigenvalue weighted by Gasteiger charge is -2.00. The molecule has 0 unspecified atom stereocenters. The SMILES string of the molecule is O=C(/C=C(\O)c1ccc(Cl)cc1)C(=O)N=C1C(=O)Nc2ccc(Br)cc21. The Hall–Kier alpha value is -2.77. The number of carbonyl (C=O) groups excluding carboxylic acids is 3. The van der Waals surface area contributed by atoms with Gasteiger partial charge in [0.2, 0.25) is 5.78 Å². The molecule has 6 nitrogen and oxygen atoms in total. The molecule has 1 aliphatic rings. The standard InChI is InChI=1S/C18H10BrClN2O4/c19-10-3-6-13-12(7-10)16(18(26)21-13)22-17(25)15(24)8-14(23)9-1-4-11(20)5-2-9/h1-8,23H,(H,21,22,25,26)/b14-8-. The first-order chi connectivity index (χ1) is 12.3. The molecule has 0 aliphatic carbocycles. The average molecular weight is 434 g/mol. The Labute approximate surface area is 161 Å². The smallest absolute Gasteiger partial charge is 0.318 e. The largest absolute Gasteiger partial charge is 0.507 e. The van der Waals surface area contributed by atoms with Crippen molar-refractivity contribution in [2.24, 2.45) is 4.99 Å². The molecule has 0 bridgehead atoms. The van der Waals surface area contributed by atoms with Crippen molar-refractivity contribution < 1.29 is 19.5 Å². The molecule has 130 valence electrons. The van der Waals surface area contributed by atoms with E-state index in [1.165, 1.54) is 24.3 Å². The zero-order valence-electron chi connectivity index (χ0n) is 13.0. The topological polar surface area (TPSA) is 95.8 Å². The Morgan fingerprint density at radius 3 is 2.54 bits per heavy atom. The number of halogens is 2. The number of benzene rings is 2. The second-order valence-corrected chi connectivity index (χ2v) is 6.66. The molecule has 0 spiro atoms. The van der Waals surface area contributed by atoms with Gasteiger partial charge in [-0.15, -0.1) is 0 Å². The van der Waals surface area contributed by atoms with Crippen molar-refractivity contribution >= 4 is 62.3 Å². The Kier molecular flexibility index (Phi) is 5.01. The summed E-state index contributed by atoms with van der Waals surface area (Å²) < 4.78 is 0.694. The summed E-state index contributed by atoms with van der Waals surface area (Å²) in [5.74, 6) is -3.20. The van der Waals surface area contributed by atoms with E-state index in [1.807, 2.05) is 0 Å². The fourth-order valence-corrected chi connectivity index (χ4v) is 2.77. The van der Waals surface area contributed by atoms with Crippen molar-refractivity contribution in [3.05, 3.63) is 69.2 Å². The molecule has 2 amide bonds. The summed E-state index contributed by atoms with van der Waals surface area (Å²) >= 11 is 9.03. The number of aliphatic imine (C=N–C) groups is 1. The molecular formula is C18H10BrClN2O4. The van der Waals surface area contributed by atoms with Crippen molar-refractivity contribution in [1.82, 2.24) is 0 Å². The number of anilines is 1. The first-order valence-electron chi connectivity index (χ1n) is 7.30. The lowest BCUT2D eigenvalue weighted by molar-refractivity contribution is -0.133. The molecule has 2 aromatic carbocycles. The molecule has 1 heterocycles. The number of carbonyl (C=O) groups is 3. The number of aliphatic hydroxyl groups is 1. The van der Waals surface area contributed by atoms with E-state index in [9.17, 15) is 19.5 Å². The number of hydrogen-bond donors (Lipinski definition) is 2. The van der Waals surface area contributed by atoms with Gasteiger partial charge in [-0.2, -0.15) is 4.99 Å². The van der Waals surface area contributed by atoms with E-state index >= 15 is 0 Å². The van der Waals surface area contributed by atoms with E-state index in [0.29, 0.717) is 26.3 Å². The summed E-state index contributed by atoms with van der Waals surface area (Å²) in [6, 6.07) is 11.0. The summed E-state index contributed by atoms with van der Waals surface area (Å²) in [7, 11) is 0. The maximum atomic E-state index is 12.1. The normalized spacial score (nSPS) is 14.9. The predicted molar refractivity (Wildman–Crippen MR) is 101 cm³/mol. The molecule has 2 N–H and O–H groups in total. The van der Waals surface area contributed by atoms with Crippen LogP contribution in [0.5, 0.6) is 0 Å². The van der Waals surface area contributed by atoms with Crippen LogP contribution in [0, 0.1) is 0 Å². The molecule has 8 heteroatoms. The van der Waals surface area contributed by atoms with Gasteiger partial charge in [-0.25, -0.2) is 0 Å². The maximum Gasteiger partial charge on any atom is 0.318 e. The number of hydrogen-bond acceptors (Lipinski definition) is 4. The van der Waals surface area contributed by atoms with Crippen LogP contribution < -0.4 is 5.32 Å². The molecule has 1 aliphatic heterocycles. The molecule has 0 radical (unpaired) electrons. The van der Waals surface area contributed by atoms with Gasteiger partial charge in [-0.1, -0.05) is 27.5 Å². The van der Waals surface area contributed by atoms with Gasteiger partial charge in [-0.05, 0) is 42.5 Å². The van der Waals surface area contributed by atoms with Crippen LogP contribution in [-0.2, 0) is 14.4 Å². The minimum Gasteiger partial charge on any atom is -0.507 e. The number of nitrogens with zero attached hydrogens (tertiary/aromatic N) is 1. The van der Waals surface area contributed by atoms with Gasteiger partial charge in [0.1, 0.15) is 11.5 Å². The van der Waals surface area contributed by atoms with E-state index in [-0.39, 0.29) is 5.71 Å². The second-order valence-electron chi connectivity index (χ2n) is 5.31. The zero-order chi connectivity index (χ0) is 18.8. The van der Waals surface area contributed by atoms with Gasteiger partial charge in [0.15, 0.2) is 0 Å². The quantitative estimate of drug-likeness (QED) is 0.440. The van der Waals surface area contributed by atoms with Crippen LogP contribution in [0.15, 0.2) is 58.0 Å². The first kappa shape index (κ1) is 18.0. The van der Waals surface area contributed by atoms with E-state index in [1.54, 1.807) is 18.2 Å². The van der Waals surface area contributed by atoms with E-state index < -0.39 is 23.4 Å². The molecule has 2 aromatic rings. The molecule has 3 rings (SSSR count). The third-order valence-electron chi connectivity index (χ3n) is 3.53. The Morgan fingerprint density at radius 2 is 1.85 bits per heavy atom. The molecule has 26 heavy (non-hydrogen) atoms.